The molecule has 1 aromatic carbocycles. The summed E-state index contributed by atoms with van der Waals surface area (Å²) in [5.74, 6) is -1.69. The molecule has 3 amide bonds. The van der Waals surface area contributed by atoms with Crippen LogP contribution in [-0.4, -0.2) is 42.6 Å². The van der Waals surface area contributed by atoms with Gasteiger partial charge in [0.25, 0.3) is 5.91 Å². The summed E-state index contributed by atoms with van der Waals surface area (Å²) in [6.07, 6.45) is 0.345. The zero-order chi connectivity index (χ0) is 16.4. The average Bonchev–Trinajstić information content (AvgIpc) is 2.48. The third-order valence-corrected chi connectivity index (χ3v) is 2.66. The minimum Gasteiger partial charge on any atom is -0.481 e. The first-order valence-corrected chi connectivity index (χ1v) is 6.76. The highest BCUT2D eigenvalue weighted by Gasteiger charge is 2.05. The van der Waals surface area contributed by atoms with Crippen LogP contribution in [0.3, 0.4) is 0 Å². The zero-order valence-corrected chi connectivity index (χ0v) is 11.9. The van der Waals surface area contributed by atoms with Crippen molar-refractivity contribution >= 4 is 17.9 Å². The van der Waals surface area contributed by atoms with Crippen LogP contribution >= 0.6 is 0 Å². The third kappa shape index (κ3) is 7.22. The summed E-state index contributed by atoms with van der Waals surface area (Å²) in [4.78, 5) is 33.2. The Balaban J connectivity index is 2.11. The van der Waals surface area contributed by atoms with E-state index >= 15 is 0 Å². The van der Waals surface area contributed by atoms with E-state index in [1.807, 2.05) is 0 Å². The normalized spacial score (nSPS) is 9.86. The van der Waals surface area contributed by atoms with Gasteiger partial charge in [0.15, 0.2) is 0 Å². The Morgan fingerprint density at radius 3 is 2.18 bits per heavy atom. The fourth-order valence-electron chi connectivity index (χ4n) is 1.56. The summed E-state index contributed by atoms with van der Waals surface area (Å²) in [6.45, 7) is 0.705. The number of hydrogen-bond acceptors (Lipinski definition) is 3. The van der Waals surface area contributed by atoms with E-state index in [1.54, 1.807) is 0 Å². The minimum absolute atomic E-state index is 0.00595. The molecule has 120 valence electrons. The van der Waals surface area contributed by atoms with Gasteiger partial charge in [-0.3, -0.25) is 9.59 Å². The summed E-state index contributed by atoms with van der Waals surface area (Å²) < 4.78 is 12.7. The number of nitrogens with one attached hydrogen (secondary N) is 3. The molecule has 0 radical (unpaired) electrons. The van der Waals surface area contributed by atoms with Crippen molar-refractivity contribution in [2.24, 2.45) is 0 Å². The molecule has 0 atom stereocenters. The second kappa shape index (κ2) is 9.32. The molecule has 22 heavy (non-hydrogen) atoms. The van der Waals surface area contributed by atoms with Gasteiger partial charge in [-0.1, -0.05) is 0 Å². The number of carboxylic acid groups (broad SMARTS) is 1. The second-order valence-electron chi connectivity index (χ2n) is 4.44. The molecule has 0 bridgehead atoms. The fraction of sp³-hybridized carbons (Fsp3) is 0.357. The van der Waals surface area contributed by atoms with Crippen molar-refractivity contribution in [2.75, 3.05) is 19.6 Å². The lowest BCUT2D eigenvalue weighted by Gasteiger charge is -2.08. The molecular formula is C14H18FN3O4. The SMILES string of the molecule is O=C(O)CCCNC(=O)NCCNC(=O)c1ccc(F)cc1. The summed E-state index contributed by atoms with van der Waals surface area (Å²) in [7, 11) is 0. The molecule has 1 rings (SSSR count). The maximum atomic E-state index is 12.7. The van der Waals surface area contributed by atoms with E-state index in [0.29, 0.717) is 12.0 Å². The smallest absolute Gasteiger partial charge is 0.314 e. The van der Waals surface area contributed by atoms with Crippen molar-refractivity contribution in [3.8, 4) is 0 Å². The molecule has 0 spiro atoms. The van der Waals surface area contributed by atoms with Crippen LogP contribution in [-0.2, 0) is 4.79 Å². The highest BCUT2D eigenvalue weighted by Crippen LogP contribution is 2.01. The number of urea groups is 1. The summed E-state index contributed by atoms with van der Waals surface area (Å²) in [5.41, 5.74) is 0.333. The van der Waals surface area contributed by atoms with Gasteiger partial charge in [-0.25, -0.2) is 9.18 Å². The Morgan fingerprint density at radius 1 is 0.955 bits per heavy atom. The van der Waals surface area contributed by atoms with E-state index in [2.05, 4.69) is 16.0 Å². The van der Waals surface area contributed by atoms with E-state index in [1.165, 1.54) is 24.3 Å². The monoisotopic (exact) mass is 311 g/mol. The molecule has 0 saturated carbocycles. The number of halogens is 1. The summed E-state index contributed by atoms with van der Waals surface area (Å²) in [5, 5.41) is 16.0. The van der Waals surface area contributed by atoms with Gasteiger partial charge in [0.2, 0.25) is 0 Å². The van der Waals surface area contributed by atoms with Crippen LogP contribution in [0.15, 0.2) is 24.3 Å². The van der Waals surface area contributed by atoms with Gasteiger partial charge in [-0.05, 0) is 30.7 Å². The van der Waals surface area contributed by atoms with Gasteiger partial charge in [0, 0.05) is 31.6 Å². The van der Waals surface area contributed by atoms with Gasteiger partial charge in [-0.15, -0.1) is 0 Å². The standard InChI is InChI=1S/C14H18FN3O4/c15-11-5-3-10(4-6-11)13(21)16-8-9-18-14(22)17-7-1-2-12(19)20/h3-6H,1-2,7-9H2,(H,16,21)(H,19,20)(H2,17,18,22). The van der Waals surface area contributed by atoms with Crippen molar-refractivity contribution in [2.45, 2.75) is 12.8 Å². The highest BCUT2D eigenvalue weighted by molar-refractivity contribution is 5.94. The second-order valence-corrected chi connectivity index (χ2v) is 4.44. The molecule has 0 aliphatic rings. The lowest BCUT2D eigenvalue weighted by Crippen LogP contribution is -2.40. The van der Waals surface area contributed by atoms with E-state index in [9.17, 15) is 18.8 Å². The van der Waals surface area contributed by atoms with Crippen LogP contribution in [0.5, 0.6) is 0 Å². The molecular weight excluding hydrogens is 293 g/mol. The Bertz CT molecular complexity index is 519. The average molecular weight is 311 g/mol. The first kappa shape index (κ1) is 17.4. The number of rotatable bonds is 8. The Labute approximate surface area is 126 Å². The summed E-state index contributed by atoms with van der Waals surface area (Å²) >= 11 is 0. The molecule has 4 N–H and O–H groups in total. The molecule has 0 aliphatic carbocycles. The Kier molecular flexibility index (Phi) is 7.38. The molecule has 7 nitrogen and oxygen atoms in total. The van der Waals surface area contributed by atoms with E-state index in [0.717, 1.165) is 0 Å². The van der Waals surface area contributed by atoms with Crippen LogP contribution in [0.1, 0.15) is 23.2 Å². The van der Waals surface area contributed by atoms with Crippen LogP contribution < -0.4 is 16.0 Å². The molecule has 0 aromatic heterocycles. The predicted octanol–water partition coefficient (Wildman–Crippen LogP) is 0.719. The number of carboxylic acids is 1. The van der Waals surface area contributed by atoms with Gasteiger partial charge in [-0.2, -0.15) is 0 Å². The van der Waals surface area contributed by atoms with Crippen molar-refractivity contribution in [3.63, 3.8) is 0 Å². The van der Waals surface area contributed by atoms with Gasteiger partial charge in [0.1, 0.15) is 5.82 Å². The first-order valence-electron chi connectivity index (χ1n) is 6.76. The Hall–Kier alpha value is -2.64. The predicted molar refractivity (Wildman–Crippen MR) is 77.0 cm³/mol. The van der Waals surface area contributed by atoms with Gasteiger partial charge >= 0.3 is 12.0 Å². The summed E-state index contributed by atoms with van der Waals surface area (Å²) in [6, 6.07) is 4.69. The zero-order valence-electron chi connectivity index (χ0n) is 11.9. The molecule has 0 aliphatic heterocycles. The molecule has 0 heterocycles. The lowest BCUT2D eigenvalue weighted by atomic mass is 10.2. The molecule has 0 fully saturated rings. The number of amides is 3. The van der Waals surface area contributed by atoms with E-state index < -0.39 is 17.8 Å². The largest absolute Gasteiger partial charge is 0.481 e. The first-order chi connectivity index (χ1) is 10.5. The number of hydrogen-bond donors (Lipinski definition) is 4. The quantitative estimate of drug-likeness (QED) is 0.531. The van der Waals surface area contributed by atoms with E-state index in [4.69, 9.17) is 5.11 Å². The molecule has 8 heteroatoms. The van der Waals surface area contributed by atoms with Crippen LogP contribution in [0.4, 0.5) is 9.18 Å². The van der Waals surface area contributed by atoms with Crippen LogP contribution in [0.25, 0.3) is 0 Å². The molecule has 0 unspecified atom stereocenters. The maximum Gasteiger partial charge on any atom is 0.314 e. The Morgan fingerprint density at radius 2 is 1.55 bits per heavy atom. The number of carbonyl (C=O) groups excluding carboxylic acids is 2. The van der Waals surface area contributed by atoms with Crippen molar-refractivity contribution in [1.29, 1.82) is 0 Å². The van der Waals surface area contributed by atoms with E-state index in [-0.39, 0.29) is 32.0 Å². The maximum absolute atomic E-state index is 12.7. The van der Waals surface area contributed by atoms with Crippen LogP contribution in [0, 0.1) is 5.82 Å². The van der Waals surface area contributed by atoms with Gasteiger partial charge < -0.3 is 21.1 Å². The van der Waals surface area contributed by atoms with Crippen molar-refractivity contribution in [1.82, 2.24) is 16.0 Å². The lowest BCUT2D eigenvalue weighted by molar-refractivity contribution is -0.137. The van der Waals surface area contributed by atoms with Crippen molar-refractivity contribution < 1.29 is 23.9 Å². The highest BCUT2D eigenvalue weighted by atomic mass is 19.1. The minimum atomic E-state index is -0.911. The molecule has 0 saturated heterocycles. The topological polar surface area (TPSA) is 108 Å². The molecule has 1 aromatic rings. The number of aliphatic carboxylic acids is 1. The van der Waals surface area contributed by atoms with Crippen LogP contribution in [0.2, 0.25) is 0 Å². The number of carbonyl (C=O) groups is 3. The van der Waals surface area contributed by atoms with Gasteiger partial charge in [0.05, 0.1) is 0 Å². The van der Waals surface area contributed by atoms with Crippen molar-refractivity contribution in [3.05, 3.63) is 35.6 Å². The fourth-order valence-corrected chi connectivity index (χ4v) is 1.56. The third-order valence-electron chi connectivity index (χ3n) is 2.66. The number of benzene rings is 1.